The van der Waals surface area contributed by atoms with E-state index in [-0.39, 0.29) is 0 Å². The maximum absolute atomic E-state index is 2.56. The third-order valence-corrected chi connectivity index (χ3v) is 12.2. The monoisotopic (exact) mass is 789 g/mol. The van der Waals surface area contributed by atoms with Gasteiger partial charge in [-0.25, -0.2) is 0 Å². The van der Waals surface area contributed by atoms with Gasteiger partial charge in [0.1, 0.15) is 0 Å². The van der Waals surface area contributed by atoms with Crippen LogP contribution in [0.4, 0.5) is 0 Å². The fraction of sp³-hybridized carbons (Fsp3) is 0.0164. The van der Waals surface area contributed by atoms with Crippen LogP contribution in [-0.4, -0.2) is 4.57 Å². The quantitative estimate of drug-likeness (QED) is 0.144. The van der Waals surface area contributed by atoms with Crippen LogP contribution in [-0.2, 0) is 0 Å². The first kappa shape index (κ1) is 37.0. The van der Waals surface area contributed by atoms with Gasteiger partial charge in [0, 0.05) is 33.2 Å². The Bertz CT molecular complexity index is 3350. The van der Waals surface area contributed by atoms with Crippen LogP contribution in [0.15, 0.2) is 243 Å². The summed E-state index contributed by atoms with van der Waals surface area (Å²) in [7, 11) is 0. The van der Waals surface area contributed by atoms with E-state index >= 15 is 0 Å². The summed E-state index contributed by atoms with van der Waals surface area (Å²) in [5.74, 6) is 0. The molecule has 1 aromatic heterocycles. The second-order valence-corrected chi connectivity index (χ2v) is 16.1. The molecule has 0 bridgehead atoms. The Hall–Kier alpha value is -8.00. The topological polar surface area (TPSA) is 4.93 Å². The molecule has 11 rings (SSSR count). The van der Waals surface area contributed by atoms with E-state index in [0.29, 0.717) is 0 Å². The molecule has 11 aromatic rings. The molecule has 0 N–H and O–H groups in total. The van der Waals surface area contributed by atoms with Crippen molar-refractivity contribution in [2.24, 2.45) is 0 Å². The highest BCUT2D eigenvalue weighted by Crippen LogP contribution is 2.54. The molecule has 0 amide bonds. The number of hydrogen-bond donors (Lipinski definition) is 0. The lowest BCUT2D eigenvalue weighted by atomic mass is 9.80. The Balaban J connectivity index is 1.32. The summed E-state index contributed by atoms with van der Waals surface area (Å²) in [4.78, 5) is 0. The number of rotatable bonds is 8. The molecule has 0 radical (unpaired) electrons. The molecule has 1 nitrogen and oxygen atoms in total. The maximum atomic E-state index is 2.56. The Kier molecular flexibility index (Phi) is 9.48. The van der Waals surface area contributed by atoms with E-state index < -0.39 is 0 Å². The highest BCUT2D eigenvalue weighted by molar-refractivity contribution is 6.26. The third kappa shape index (κ3) is 6.61. The smallest absolute Gasteiger partial charge is 0.0632 e. The predicted octanol–water partition coefficient (Wildman–Crippen LogP) is 16.8. The van der Waals surface area contributed by atoms with Gasteiger partial charge < -0.3 is 4.57 Å². The first-order valence-corrected chi connectivity index (χ1v) is 21.4. The Morgan fingerprint density at radius 3 is 1.21 bits per heavy atom. The summed E-state index contributed by atoms with van der Waals surface area (Å²) in [6.07, 6.45) is 0. The second-order valence-electron chi connectivity index (χ2n) is 16.1. The van der Waals surface area contributed by atoms with Gasteiger partial charge >= 0.3 is 0 Å². The lowest BCUT2D eigenvalue weighted by molar-refractivity contribution is 1.18. The van der Waals surface area contributed by atoms with Crippen LogP contribution in [0.5, 0.6) is 0 Å². The summed E-state index contributed by atoms with van der Waals surface area (Å²) in [5.41, 5.74) is 21.4. The van der Waals surface area contributed by atoms with Crippen LogP contribution < -0.4 is 0 Å². The molecule has 0 aliphatic carbocycles. The minimum atomic E-state index is 1.11. The van der Waals surface area contributed by atoms with Crippen molar-refractivity contribution in [3.05, 3.63) is 248 Å². The van der Waals surface area contributed by atoms with Crippen molar-refractivity contribution in [1.29, 1.82) is 0 Å². The summed E-state index contributed by atoms with van der Waals surface area (Å²) in [6.45, 7) is 2.17. The van der Waals surface area contributed by atoms with Crippen LogP contribution in [0.2, 0.25) is 0 Å². The van der Waals surface area contributed by atoms with Gasteiger partial charge in [-0.15, -0.1) is 0 Å². The Morgan fingerprint density at radius 1 is 0.274 bits per heavy atom. The van der Waals surface area contributed by atoms with Crippen LogP contribution >= 0.6 is 0 Å². The fourth-order valence-corrected chi connectivity index (χ4v) is 9.42. The summed E-state index contributed by atoms with van der Waals surface area (Å²) >= 11 is 0. The van der Waals surface area contributed by atoms with E-state index in [2.05, 4.69) is 254 Å². The van der Waals surface area contributed by atoms with Crippen molar-refractivity contribution in [2.75, 3.05) is 0 Å². The molecule has 0 saturated heterocycles. The van der Waals surface area contributed by atoms with Crippen LogP contribution in [0, 0.1) is 6.92 Å². The standard InChI is InChI=1S/C61H43N/c1-42-19-17-30-50(39-42)52-37-38-54-55(41-52)62(53-32-18-31-51(40-53)45-35-33-44(34-36-45)43-20-7-2-8-21-43)61-59(49-28-15-6-16-29-49)57(47-24-11-4-12-25-47)56(46-22-9-3-10-23-46)58(60(54)61)48-26-13-5-14-27-48/h2-41H,1H3. The van der Waals surface area contributed by atoms with Gasteiger partial charge in [-0.3, -0.25) is 0 Å². The minimum Gasteiger partial charge on any atom is -0.309 e. The van der Waals surface area contributed by atoms with Crippen molar-refractivity contribution in [3.8, 4) is 83.6 Å². The molecule has 62 heavy (non-hydrogen) atoms. The first-order chi connectivity index (χ1) is 30.7. The van der Waals surface area contributed by atoms with Crippen LogP contribution in [0.1, 0.15) is 5.56 Å². The second kappa shape index (κ2) is 15.9. The average molecular weight is 790 g/mol. The van der Waals surface area contributed by atoms with Gasteiger partial charge in [-0.1, -0.05) is 230 Å². The third-order valence-electron chi connectivity index (χ3n) is 12.2. The summed E-state index contributed by atoms with van der Waals surface area (Å²) in [5, 5.41) is 2.44. The van der Waals surface area contributed by atoms with E-state index in [0.717, 1.165) is 11.2 Å². The highest BCUT2D eigenvalue weighted by Gasteiger charge is 2.29. The molecule has 0 atom stereocenters. The molecule has 0 fully saturated rings. The van der Waals surface area contributed by atoms with E-state index in [4.69, 9.17) is 0 Å². The first-order valence-electron chi connectivity index (χ1n) is 21.4. The predicted molar refractivity (Wildman–Crippen MR) is 264 cm³/mol. The summed E-state index contributed by atoms with van der Waals surface area (Å²) in [6, 6.07) is 88.7. The van der Waals surface area contributed by atoms with E-state index in [1.54, 1.807) is 0 Å². The van der Waals surface area contributed by atoms with Crippen LogP contribution in [0.25, 0.3) is 105 Å². The highest BCUT2D eigenvalue weighted by atomic mass is 15.0. The zero-order valence-corrected chi connectivity index (χ0v) is 34.5. The average Bonchev–Trinajstić information content (AvgIpc) is 3.69. The fourth-order valence-electron chi connectivity index (χ4n) is 9.42. The SMILES string of the molecule is Cc1cccc(-c2ccc3c4c(-c5ccccc5)c(-c5ccccc5)c(-c5ccccc5)c(-c5ccccc5)c4n(-c4cccc(-c5ccc(-c6ccccc6)cc5)c4)c3c2)c1. The van der Waals surface area contributed by atoms with E-state index in [1.165, 1.54) is 99.7 Å². The van der Waals surface area contributed by atoms with E-state index in [1.807, 2.05) is 0 Å². The number of hydrogen-bond acceptors (Lipinski definition) is 0. The van der Waals surface area contributed by atoms with Gasteiger partial charge in [-0.2, -0.15) is 0 Å². The van der Waals surface area contributed by atoms with Gasteiger partial charge in [0.05, 0.1) is 11.0 Å². The van der Waals surface area contributed by atoms with Crippen molar-refractivity contribution >= 4 is 21.8 Å². The zero-order valence-electron chi connectivity index (χ0n) is 34.5. The van der Waals surface area contributed by atoms with Crippen molar-refractivity contribution in [2.45, 2.75) is 6.92 Å². The van der Waals surface area contributed by atoms with Crippen molar-refractivity contribution < 1.29 is 0 Å². The molecular weight excluding hydrogens is 747 g/mol. The van der Waals surface area contributed by atoms with Gasteiger partial charge in [0.25, 0.3) is 0 Å². The molecule has 292 valence electrons. The molecule has 1 heterocycles. The largest absolute Gasteiger partial charge is 0.309 e. The molecule has 0 spiro atoms. The number of fused-ring (bicyclic) bond motifs is 3. The summed E-state index contributed by atoms with van der Waals surface area (Å²) < 4.78 is 2.56. The minimum absolute atomic E-state index is 1.11. The van der Waals surface area contributed by atoms with E-state index in [9.17, 15) is 0 Å². The molecule has 1 heteroatoms. The number of nitrogens with zero attached hydrogens (tertiary/aromatic N) is 1. The number of aryl methyl sites for hydroxylation is 1. The van der Waals surface area contributed by atoms with Gasteiger partial charge in [0.2, 0.25) is 0 Å². The van der Waals surface area contributed by atoms with Crippen molar-refractivity contribution in [1.82, 2.24) is 4.57 Å². The normalized spacial score (nSPS) is 11.3. The Labute approximate surface area is 363 Å². The van der Waals surface area contributed by atoms with Gasteiger partial charge in [0.15, 0.2) is 0 Å². The number of aromatic nitrogens is 1. The molecule has 0 saturated carbocycles. The number of benzene rings is 10. The molecule has 0 unspecified atom stereocenters. The molecular formula is C61H43N. The zero-order chi connectivity index (χ0) is 41.4. The molecule has 0 aliphatic rings. The maximum Gasteiger partial charge on any atom is 0.0632 e. The molecule has 10 aromatic carbocycles. The van der Waals surface area contributed by atoms with Gasteiger partial charge in [-0.05, 0) is 86.3 Å². The van der Waals surface area contributed by atoms with Crippen LogP contribution in [0.3, 0.4) is 0 Å². The Morgan fingerprint density at radius 2 is 0.661 bits per heavy atom. The van der Waals surface area contributed by atoms with Crippen molar-refractivity contribution in [3.63, 3.8) is 0 Å². The lowest BCUT2D eigenvalue weighted by Crippen LogP contribution is -2.01. The lowest BCUT2D eigenvalue weighted by Gasteiger charge is -2.24. The molecule has 0 aliphatic heterocycles.